The van der Waals surface area contributed by atoms with E-state index in [4.69, 9.17) is 28.9 Å². The number of carbonyl (C=O) groups excluding carboxylic acids is 1. The van der Waals surface area contributed by atoms with Gasteiger partial charge in [-0.05, 0) is 24.1 Å². The zero-order valence-electron chi connectivity index (χ0n) is 7.69. The number of anilines is 1. The third-order valence-electron chi connectivity index (χ3n) is 1.73. The fourth-order valence-corrected chi connectivity index (χ4v) is 2.21. The number of benzene rings is 1. The van der Waals surface area contributed by atoms with E-state index >= 15 is 0 Å². The maximum Gasteiger partial charge on any atom is 0.316 e. The van der Waals surface area contributed by atoms with Gasteiger partial charge in [-0.2, -0.15) is 0 Å². The molecular weight excluding hydrogens is 303 g/mol. The van der Waals surface area contributed by atoms with Gasteiger partial charge in [-0.25, -0.2) is 4.79 Å². The average molecular weight is 312 g/mol. The molecule has 0 aliphatic rings. The number of rotatable bonds is 3. The summed E-state index contributed by atoms with van der Waals surface area (Å²) in [5, 5.41) is 3.97. The summed E-state index contributed by atoms with van der Waals surface area (Å²) in [4.78, 5) is 10.7. The molecule has 0 fully saturated rings. The van der Waals surface area contributed by atoms with Gasteiger partial charge in [0.15, 0.2) is 0 Å². The molecule has 0 spiro atoms. The van der Waals surface area contributed by atoms with E-state index in [0.29, 0.717) is 15.7 Å². The first-order valence-electron chi connectivity index (χ1n) is 4.15. The van der Waals surface area contributed by atoms with Crippen molar-refractivity contribution in [2.45, 2.75) is 6.42 Å². The molecule has 1 aromatic carbocycles. The molecule has 6 heteroatoms. The van der Waals surface area contributed by atoms with Crippen molar-refractivity contribution in [3.05, 3.63) is 27.7 Å². The Kier molecular flexibility index (Phi) is 4.70. The van der Waals surface area contributed by atoms with Crippen molar-refractivity contribution in [3.8, 4) is 0 Å². The molecule has 0 saturated carbocycles. The maximum atomic E-state index is 10.7. The predicted octanol–water partition coefficient (Wildman–Crippen LogP) is 3.42. The average Bonchev–Trinajstić information content (AvgIpc) is 2.11. The number of halogens is 3. The minimum Gasteiger partial charge on any atom is -0.351 e. The van der Waals surface area contributed by atoms with E-state index in [1.54, 1.807) is 12.1 Å². The monoisotopic (exact) mass is 310 g/mol. The van der Waals surface area contributed by atoms with Gasteiger partial charge in [0.25, 0.3) is 0 Å². The highest BCUT2D eigenvalue weighted by Gasteiger charge is 2.09. The quantitative estimate of drug-likeness (QED) is 0.826. The lowest BCUT2D eigenvalue weighted by Crippen LogP contribution is -2.19. The van der Waals surface area contributed by atoms with E-state index in [0.717, 1.165) is 17.3 Å². The molecule has 15 heavy (non-hydrogen) atoms. The number of nitrogens with one attached hydrogen (secondary N) is 1. The first-order chi connectivity index (χ1) is 7.04. The van der Waals surface area contributed by atoms with Crippen LogP contribution in [0.5, 0.6) is 0 Å². The molecule has 1 aromatic rings. The minimum absolute atomic E-state index is 0.351. The molecule has 0 radical (unpaired) electrons. The lowest BCUT2D eigenvalue weighted by atomic mass is 10.1. The van der Waals surface area contributed by atoms with Crippen LogP contribution in [-0.4, -0.2) is 11.4 Å². The summed E-state index contributed by atoms with van der Waals surface area (Å²) in [6, 6.07) is 2.81. The van der Waals surface area contributed by atoms with Crippen molar-refractivity contribution >= 4 is 50.9 Å². The largest absolute Gasteiger partial charge is 0.351 e. The van der Waals surface area contributed by atoms with Crippen LogP contribution in [0.3, 0.4) is 0 Å². The first kappa shape index (κ1) is 12.6. The second kappa shape index (κ2) is 5.58. The molecule has 82 valence electrons. The summed E-state index contributed by atoms with van der Waals surface area (Å²) in [5.74, 6) is 0. The number of primary amides is 1. The summed E-state index contributed by atoms with van der Waals surface area (Å²) in [7, 11) is 0. The van der Waals surface area contributed by atoms with Crippen LogP contribution in [0.25, 0.3) is 0 Å². The van der Waals surface area contributed by atoms with Crippen LogP contribution in [0.1, 0.15) is 5.56 Å². The molecule has 0 saturated heterocycles. The van der Waals surface area contributed by atoms with Gasteiger partial charge in [-0.15, -0.1) is 0 Å². The van der Waals surface area contributed by atoms with Crippen molar-refractivity contribution in [1.82, 2.24) is 0 Å². The zero-order valence-corrected chi connectivity index (χ0v) is 10.8. The van der Waals surface area contributed by atoms with Gasteiger partial charge in [0.05, 0.1) is 15.7 Å². The van der Waals surface area contributed by atoms with Crippen LogP contribution in [0.4, 0.5) is 10.5 Å². The summed E-state index contributed by atoms with van der Waals surface area (Å²) >= 11 is 15.2. The molecule has 0 bridgehead atoms. The van der Waals surface area contributed by atoms with Gasteiger partial charge >= 0.3 is 6.03 Å². The van der Waals surface area contributed by atoms with Gasteiger partial charge in [0.2, 0.25) is 0 Å². The van der Waals surface area contributed by atoms with Crippen LogP contribution in [0.2, 0.25) is 10.0 Å². The Morgan fingerprint density at radius 3 is 2.33 bits per heavy atom. The van der Waals surface area contributed by atoms with Gasteiger partial charge < -0.3 is 11.1 Å². The van der Waals surface area contributed by atoms with E-state index < -0.39 is 6.03 Å². The van der Waals surface area contributed by atoms with E-state index in [2.05, 4.69) is 21.2 Å². The Hall–Kier alpha value is -0.450. The standard InChI is InChI=1S/C9H9BrCl2N2O/c10-2-1-5-3-6(11)8(7(12)4-5)14-9(13)15/h3-4H,1-2H2,(H3,13,14,15). The number of hydrogen-bond donors (Lipinski definition) is 2. The molecule has 2 amide bonds. The smallest absolute Gasteiger partial charge is 0.316 e. The van der Waals surface area contributed by atoms with Crippen molar-refractivity contribution in [2.75, 3.05) is 10.6 Å². The Bertz CT molecular complexity index is 361. The van der Waals surface area contributed by atoms with E-state index in [1.165, 1.54) is 0 Å². The van der Waals surface area contributed by atoms with Gasteiger partial charge in [0.1, 0.15) is 0 Å². The molecule has 1 rings (SSSR count). The molecule has 0 unspecified atom stereocenters. The Balaban J connectivity index is 3.03. The van der Waals surface area contributed by atoms with Crippen LogP contribution >= 0.6 is 39.1 Å². The topological polar surface area (TPSA) is 55.1 Å². The summed E-state index contributed by atoms with van der Waals surface area (Å²) < 4.78 is 0. The SMILES string of the molecule is NC(=O)Nc1c(Cl)cc(CCBr)cc1Cl. The highest BCUT2D eigenvalue weighted by atomic mass is 79.9. The third kappa shape index (κ3) is 3.55. The van der Waals surface area contributed by atoms with Gasteiger partial charge in [-0.3, -0.25) is 0 Å². The van der Waals surface area contributed by atoms with Gasteiger partial charge in [-0.1, -0.05) is 39.1 Å². The number of alkyl halides is 1. The van der Waals surface area contributed by atoms with E-state index in [9.17, 15) is 4.79 Å². The molecule has 0 heterocycles. The number of aryl methyl sites for hydroxylation is 1. The summed E-state index contributed by atoms with van der Waals surface area (Å²) in [6.45, 7) is 0. The van der Waals surface area contributed by atoms with E-state index in [1.807, 2.05) is 0 Å². The van der Waals surface area contributed by atoms with E-state index in [-0.39, 0.29) is 0 Å². The third-order valence-corrected chi connectivity index (χ3v) is 2.73. The second-order valence-corrected chi connectivity index (χ2v) is 4.47. The number of carbonyl (C=O) groups is 1. The molecule has 0 aromatic heterocycles. The van der Waals surface area contributed by atoms with Crippen molar-refractivity contribution in [3.63, 3.8) is 0 Å². The Morgan fingerprint density at radius 1 is 1.40 bits per heavy atom. The lowest BCUT2D eigenvalue weighted by molar-refractivity contribution is 0.259. The van der Waals surface area contributed by atoms with Crippen LogP contribution in [-0.2, 0) is 6.42 Å². The zero-order chi connectivity index (χ0) is 11.4. The molecule has 0 aliphatic carbocycles. The second-order valence-electron chi connectivity index (χ2n) is 2.86. The van der Waals surface area contributed by atoms with Crippen LogP contribution in [0.15, 0.2) is 12.1 Å². The summed E-state index contributed by atoms with van der Waals surface area (Å²) in [6.07, 6.45) is 0.816. The lowest BCUT2D eigenvalue weighted by Gasteiger charge is -2.09. The number of amides is 2. The predicted molar refractivity (Wildman–Crippen MR) is 67.2 cm³/mol. The first-order valence-corrected chi connectivity index (χ1v) is 6.02. The van der Waals surface area contributed by atoms with Crippen LogP contribution < -0.4 is 11.1 Å². The molecule has 3 N–H and O–H groups in total. The minimum atomic E-state index is -0.688. The van der Waals surface area contributed by atoms with Gasteiger partial charge in [0, 0.05) is 5.33 Å². The fourth-order valence-electron chi connectivity index (χ4n) is 1.12. The summed E-state index contributed by atoms with van der Waals surface area (Å²) in [5.41, 5.74) is 6.33. The normalized spacial score (nSPS) is 10.1. The molecule has 0 aliphatic heterocycles. The maximum absolute atomic E-state index is 10.7. The van der Waals surface area contributed by atoms with Crippen LogP contribution in [0, 0.1) is 0 Å². The number of urea groups is 1. The highest BCUT2D eigenvalue weighted by molar-refractivity contribution is 9.09. The number of nitrogens with two attached hydrogens (primary N) is 1. The number of hydrogen-bond acceptors (Lipinski definition) is 1. The van der Waals surface area contributed by atoms with Crippen molar-refractivity contribution in [1.29, 1.82) is 0 Å². The van der Waals surface area contributed by atoms with Crippen molar-refractivity contribution in [2.24, 2.45) is 5.73 Å². The Morgan fingerprint density at radius 2 is 1.93 bits per heavy atom. The Labute approximate surface area is 106 Å². The molecule has 0 atom stereocenters. The molecular formula is C9H9BrCl2N2O. The van der Waals surface area contributed by atoms with Crippen molar-refractivity contribution < 1.29 is 4.79 Å². The fraction of sp³-hybridized carbons (Fsp3) is 0.222. The molecule has 3 nitrogen and oxygen atoms in total. The highest BCUT2D eigenvalue weighted by Crippen LogP contribution is 2.31.